The third-order valence-electron chi connectivity index (χ3n) is 4.99. The third-order valence-corrected chi connectivity index (χ3v) is 4.99. The zero-order chi connectivity index (χ0) is 18.9. The van der Waals surface area contributed by atoms with E-state index < -0.39 is 18.2 Å². The smallest absolute Gasteiger partial charge is 0.407 e. The molecule has 1 saturated heterocycles. The molecule has 2 fully saturated rings. The van der Waals surface area contributed by atoms with Gasteiger partial charge < -0.3 is 20.3 Å². The molecular weight excluding hydrogens is 334 g/mol. The SMILES string of the molecule is CCCCCCOC(=O)N[C@@H](CC)C(=O)N1CCC[C@H]1C(=O)NC1CC1. The average molecular weight is 367 g/mol. The molecule has 0 bridgehead atoms. The van der Waals surface area contributed by atoms with Gasteiger partial charge >= 0.3 is 6.09 Å². The molecule has 7 heteroatoms. The van der Waals surface area contributed by atoms with Crippen molar-refractivity contribution in [1.82, 2.24) is 15.5 Å². The predicted molar refractivity (Wildman–Crippen MR) is 98.6 cm³/mol. The van der Waals surface area contributed by atoms with E-state index >= 15 is 0 Å². The number of amides is 3. The van der Waals surface area contributed by atoms with Gasteiger partial charge in [-0.05, 0) is 38.5 Å². The van der Waals surface area contributed by atoms with Crippen LogP contribution < -0.4 is 10.6 Å². The van der Waals surface area contributed by atoms with Crippen molar-refractivity contribution in [3.05, 3.63) is 0 Å². The van der Waals surface area contributed by atoms with Crippen LogP contribution in [0, 0.1) is 0 Å². The number of nitrogens with zero attached hydrogens (tertiary/aromatic N) is 1. The topological polar surface area (TPSA) is 87.7 Å². The first-order valence-corrected chi connectivity index (χ1v) is 10.1. The van der Waals surface area contributed by atoms with Crippen LogP contribution in [0.15, 0.2) is 0 Å². The number of ether oxygens (including phenoxy) is 1. The summed E-state index contributed by atoms with van der Waals surface area (Å²) < 4.78 is 5.17. The highest BCUT2D eigenvalue weighted by molar-refractivity contribution is 5.92. The number of hydrogen-bond acceptors (Lipinski definition) is 4. The van der Waals surface area contributed by atoms with E-state index in [-0.39, 0.29) is 17.9 Å². The molecule has 2 rings (SSSR count). The average Bonchev–Trinajstić information content (AvgIpc) is 3.30. The number of carbonyl (C=O) groups excluding carboxylic acids is 3. The Balaban J connectivity index is 1.80. The Kier molecular flexibility index (Phi) is 8.19. The van der Waals surface area contributed by atoms with Crippen LogP contribution >= 0.6 is 0 Å². The third kappa shape index (κ3) is 6.18. The monoisotopic (exact) mass is 367 g/mol. The summed E-state index contributed by atoms with van der Waals surface area (Å²) in [5.41, 5.74) is 0. The molecular formula is C19H33N3O4. The quantitative estimate of drug-likeness (QED) is 0.580. The molecule has 0 radical (unpaired) electrons. The van der Waals surface area contributed by atoms with Crippen LogP contribution in [0.4, 0.5) is 4.79 Å². The second-order valence-electron chi connectivity index (χ2n) is 7.27. The highest BCUT2D eigenvalue weighted by atomic mass is 16.5. The minimum atomic E-state index is -0.646. The van der Waals surface area contributed by atoms with Crippen molar-refractivity contribution >= 4 is 17.9 Å². The van der Waals surface area contributed by atoms with Gasteiger partial charge in [-0.1, -0.05) is 33.1 Å². The number of alkyl carbamates (subject to hydrolysis) is 1. The van der Waals surface area contributed by atoms with Crippen LogP contribution in [0.2, 0.25) is 0 Å². The number of rotatable bonds is 10. The lowest BCUT2D eigenvalue weighted by molar-refractivity contribution is -0.140. The van der Waals surface area contributed by atoms with Crippen LogP contribution in [-0.2, 0) is 14.3 Å². The van der Waals surface area contributed by atoms with E-state index in [0.29, 0.717) is 26.0 Å². The largest absolute Gasteiger partial charge is 0.450 e. The standard InChI is InChI=1S/C19H33N3O4/c1-3-5-6-7-13-26-19(25)21-15(4-2)18(24)22-12-8-9-16(22)17(23)20-14-10-11-14/h14-16H,3-13H2,1-2H3,(H,20,23)(H,21,25)/t15-,16-/m0/s1. The van der Waals surface area contributed by atoms with E-state index in [1.165, 1.54) is 0 Å². The predicted octanol–water partition coefficient (Wildman–Crippen LogP) is 2.34. The Bertz CT molecular complexity index is 493. The fraction of sp³-hybridized carbons (Fsp3) is 0.842. The summed E-state index contributed by atoms with van der Waals surface area (Å²) in [5.74, 6) is -0.254. The van der Waals surface area contributed by atoms with Crippen molar-refractivity contribution < 1.29 is 19.1 Å². The summed E-state index contributed by atoms with van der Waals surface area (Å²) >= 11 is 0. The zero-order valence-corrected chi connectivity index (χ0v) is 16.1. The minimum Gasteiger partial charge on any atom is -0.450 e. The van der Waals surface area contributed by atoms with Gasteiger partial charge in [-0.3, -0.25) is 9.59 Å². The van der Waals surface area contributed by atoms with Crippen molar-refractivity contribution in [3.8, 4) is 0 Å². The van der Waals surface area contributed by atoms with Crippen molar-refractivity contribution in [2.45, 2.75) is 89.8 Å². The van der Waals surface area contributed by atoms with E-state index in [1.54, 1.807) is 4.90 Å². The molecule has 2 atom stereocenters. The van der Waals surface area contributed by atoms with E-state index in [9.17, 15) is 14.4 Å². The second kappa shape index (κ2) is 10.4. The number of hydrogen-bond donors (Lipinski definition) is 2. The van der Waals surface area contributed by atoms with Crippen molar-refractivity contribution in [1.29, 1.82) is 0 Å². The summed E-state index contributed by atoms with van der Waals surface area (Å²) in [6.45, 7) is 4.90. The Hall–Kier alpha value is -1.79. The first-order chi connectivity index (χ1) is 12.6. The molecule has 1 aliphatic heterocycles. The maximum Gasteiger partial charge on any atom is 0.407 e. The highest BCUT2D eigenvalue weighted by Gasteiger charge is 2.38. The van der Waals surface area contributed by atoms with Crippen LogP contribution in [0.3, 0.4) is 0 Å². The summed E-state index contributed by atoms with van der Waals surface area (Å²) in [6.07, 6.45) is 7.58. The van der Waals surface area contributed by atoms with E-state index in [1.807, 2.05) is 6.92 Å². The molecule has 3 amide bonds. The van der Waals surface area contributed by atoms with E-state index in [0.717, 1.165) is 44.9 Å². The number of likely N-dealkylation sites (tertiary alicyclic amines) is 1. The summed E-state index contributed by atoms with van der Waals surface area (Å²) in [7, 11) is 0. The van der Waals surface area contributed by atoms with Gasteiger partial charge in [0.15, 0.2) is 0 Å². The van der Waals surface area contributed by atoms with Gasteiger partial charge in [0.05, 0.1) is 6.61 Å². The molecule has 26 heavy (non-hydrogen) atoms. The van der Waals surface area contributed by atoms with Crippen LogP contribution in [0.1, 0.15) is 71.6 Å². The van der Waals surface area contributed by atoms with Gasteiger partial charge in [-0.15, -0.1) is 0 Å². The maximum atomic E-state index is 12.8. The molecule has 1 heterocycles. The van der Waals surface area contributed by atoms with Gasteiger partial charge in [-0.25, -0.2) is 4.79 Å². The summed E-state index contributed by atoms with van der Waals surface area (Å²) in [4.78, 5) is 38.7. The molecule has 2 N–H and O–H groups in total. The second-order valence-corrected chi connectivity index (χ2v) is 7.27. The van der Waals surface area contributed by atoms with Crippen molar-refractivity contribution in [2.75, 3.05) is 13.2 Å². The van der Waals surface area contributed by atoms with E-state index in [4.69, 9.17) is 4.74 Å². The van der Waals surface area contributed by atoms with Gasteiger partial charge in [-0.2, -0.15) is 0 Å². The summed E-state index contributed by atoms with van der Waals surface area (Å²) in [6, 6.07) is -0.778. The van der Waals surface area contributed by atoms with Crippen molar-refractivity contribution in [3.63, 3.8) is 0 Å². The van der Waals surface area contributed by atoms with Crippen molar-refractivity contribution in [2.24, 2.45) is 0 Å². The zero-order valence-electron chi connectivity index (χ0n) is 16.1. The Labute approximate surface area is 156 Å². The van der Waals surface area contributed by atoms with Gasteiger partial charge in [0.25, 0.3) is 0 Å². The minimum absolute atomic E-state index is 0.0632. The molecule has 0 unspecified atom stereocenters. The molecule has 1 aliphatic carbocycles. The molecule has 0 spiro atoms. The molecule has 2 aliphatic rings. The Morgan fingerprint density at radius 2 is 1.88 bits per heavy atom. The molecule has 0 aromatic rings. The maximum absolute atomic E-state index is 12.8. The lowest BCUT2D eigenvalue weighted by atomic mass is 10.1. The fourth-order valence-corrected chi connectivity index (χ4v) is 3.24. The number of carbonyl (C=O) groups is 3. The van der Waals surface area contributed by atoms with Gasteiger partial charge in [0.1, 0.15) is 12.1 Å². The normalized spacial score (nSPS) is 20.5. The highest BCUT2D eigenvalue weighted by Crippen LogP contribution is 2.23. The number of unbranched alkanes of at least 4 members (excludes halogenated alkanes) is 3. The van der Waals surface area contributed by atoms with Crippen LogP contribution in [-0.4, -0.2) is 54.1 Å². The molecule has 148 valence electrons. The molecule has 7 nitrogen and oxygen atoms in total. The first kappa shape index (κ1) is 20.5. The molecule has 1 saturated carbocycles. The fourth-order valence-electron chi connectivity index (χ4n) is 3.24. The number of nitrogens with one attached hydrogen (secondary N) is 2. The Morgan fingerprint density at radius 3 is 2.54 bits per heavy atom. The lowest BCUT2D eigenvalue weighted by Gasteiger charge is -2.28. The first-order valence-electron chi connectivity index (χ1n) is 10.1. The summed E-state index contributed by atoms with van der Waals surface area (Å²) in [5, 5.41) is 5.64. The lowest BCUT2D eigenvalue weighted by Crippen LogP contribution is -2.53. The van der Waals surface area contributed by atoms with Crippen LogP contribution in [0.5, 0.6) is 0 Å². The van der Waals surface area contributed by atoms with Crippen LogP contribution in [0.25, 0.3) is 0 Å². The van der Waals surface area contributed by atoms with E-state index in [2.05, 4.69) is 17.6 Å². The molecule has 0 aromatic carbocycles. The van der Waals surface area contributed by atoms with Gasteiger partial charge in [0.2, 0.25) is 11.8 Å². The Morgan fingerprint density at radius 1 is 1.12 bits per heavy atom. The molecule has 0 aromatic heterocycles. The van der Waals surface area contributed by atoms with Gasteiger partial charge in [0, 0.05) is 12.6 Å².